The van der Waals surface area contributed by atoms with Gasteiger partial charge < -0.3 is 33.8 Å². The number of unbranched alkanes of at least 4 members (excludes halogenated alkanes) is 47. The van der Waals surface area contributed by atoms with Gasteiger partial charge in [0.05, 0.1) is 26.4 Å². The van der Waals surface area contributed by atoms with Gasteiger partial charge in [0.15, 0.2) is 12.2 Å². The van der Waals surface area contributed by atoms with E-state index in [0.29, 0.717) is 25.7 Å². The van der Waals surface area contributed by atoms with Crippen LogP contribution in [0.2, 0.25) is 0 Å². The molecule has 5 atom stereocenters. The Balaban J connectivity index is 5.27. The van der Waals surface area contributed by atoms with Crippen molar-refractivity contribution < 1.29 is 80.2 Å². The Bertz CT molecular complexity index is 1870. The topological polar surface area (TPSA) is 237 Å². The number of phosphoric acid groups is 2. The summed E-state index contributed by atoms with van der Waals surface area (Å²) in [6.45, 7) is 9.65. The molecule has 0 aliphatic rings. The van der Waals surface area contributed by atoms with E-state index in [1.165, 1.54) is 225 Å². The molecular weight excluding hydrogens is 1270 g/mol. The maximum atomic E-state index is 13.1. The quantitative estimate of drug-likeness (QED) is 0.0222. The van der Waals surface area contributed by atoms with Gasteiger partial charge >= 0.3 is 39.5 Å². The molecule has 0 amide bonds. The normalized spacial score (nSPS) is 14.0. The Hall–Kier alpha value is -1.94. The van der Waals surface area contributed by atoms with E-state index in [1.807, 2.05) is 0 Å². The number of aliphatic hydroxyl groups excluding tert-OH is 1. The van der Waals surface area contributed by atoms with Crippen molar-refractivity contribution in [2.75, 3.05) is 39.6 Å². The predicted octanol–water partition coefficient (Wildman–Crippen LogP) is 23.1. The lowest BCUT2D eigenvalue weighted by Gasteiger charge is -2.21. The van der Waals surface area contributed by atoms with E-state index in [-0.39, 0.29) is 25.7 Å². The molecule has 0 heterocycles. The van der Waals surface area contributed by atoms with Crippen LogP contribution in [0.15, 0.2) is 0 Å². The molecule has 0 fully saturated rings. The second kappa shape index (κ2) is 69.8. The van der Waals surface area contributed by atoms with E-state index >= 15 is 0 Å². The van der Waals surface area contributed by atoms with E-state index in [0.717, 1.165) is 102 Å². The molecule has 576 valence electrons. The minimum Gasteiger partial charge on any atom is -0.462 e. The summed E-state index contributed by atoms with van der Waals surface area (Å²) >= 11 is 0. The van der Waals surface area contributed by atoms with E-state index in [9.17, 15) is 43.2 Å². The predicted molar refractivity (Wildman–Crippen MR) is 395 cm³/mol. The molecule has 17 nitrogen and oxygen atoms in total. The van der Waals surface area contributed by atoms with Crippen LogP contribution in [0.25, 0.3) is 0 Å². The molecule has 19 heteroatoms. The molecule has 0 saturated carbocycles. The highest BCUT2D eigenvalue weighted by Gasteiger charge is 2.30. The number of phosphoric ester groups is 2. The fraction of sp³-hybridized carbons (Fsp3) is 0.949. The Morgan fingerprint density at radius 1 is 0.278 bits per heavy atom. The third-order valence-corrected chi connectivity index (χ3v) is 20.1. The number of esters is 4. The smallest absolute Gasteiger partial charge is 0.462 e. The third kappa shape index (κ3) is 72.2. The summed E-state index contributed by atoms with van der Waals surface area (Å²) in [5.41, 5.74) is 0. The Morgan fingerprint density at radius 2 is 0.474 bits per heavy atom. The zero-order valence-corrected chi connectivity index (χ0v) is 65.2. The first-order chi connectivity index (χ1) is 46.9. The Kier molecular flexibility index (Phi) is 68.4. The number of ether oxygens (including phenoxy) is 4. The zero-order valence-electron chi connectivity index (χ0n) is 63.4. The van der Waals surface area contributed by atoms with Crippen molar-refractivity contribution in [1.82, 2.24) is 0 Å². The molecule has 0 bridgehead atoms. The van der Waals surface area contributed by atoms with Gasteiger partial charge in [0.2, 0.25) is 0 Å². The summed E-state index contributed by atoms with van der Waals surface area (Å²) in [5, 5.41) is 10.6. The SMILES string of the molecule is CCCCCCCCCCCCCCCCC(=O)O[C@H](COC(=O)CCCCCCCCCCCCCC)COP(=O)(O)OC[C@H](O)COP(=O)(O)OC[C@@H](COC(=O)CCCCCCCCCCCCCCC(C)C)OC(=O)CCCCCCCCCCCCCCCC(C)C. The summed E-state index contributed by atoms with van der Waals surface area (Å²) in [4.78, 5) is 72.9. The van der Waals surface area contributed by atoms with Crippen molar-refractivity contribution in [2.45, 2.75) is 426 Å². The standard InChI is InChI=1S/C78H152O17P2/c1-7-9-11-13-15-17-19-21-24-32-38-44-50-56-62-77(82)94-73(66-88-75(80)60-54-48-42-36-30-20-18-16-14-12-10-8-2)68-92-96(84,85)90-64-72(79)65-91-97(86,87)93-69-74(67-89-76(81)61-55-49-43-37-31-27-26-29-35-41-47-53-59-71(5)6)95-78(83)63-57-51-45-39-33-25-22-23-28-34-40-46-52-58-70(3)4/h70-74,79H,7-69H2,1-6H3,(H,84,85)(H,86,87)/t72-,73+,74+/m0/s1. The van der Waals surface area contributed by atoms with Crippen molar-refractivity contribution in [3.63, 3.8) is 0 Å². The Labute approximate surface area is 594 Å². The van der Waals surface area contributed by atoms with Gasteiger partial charge in [0.1, 0.15) is 19.3 Å². The summed E-state index contributed by atoms with van der Waals surface area (Å²) in [6.07, 6.45) is 58.0. The van der Waals surface area contributed by atoms with Gasteiger partial charge in [-0.05, 0) is 37.5 Å². The highest BCUT2D eigenvalue weighted by atomic mass is 31.2. The molecule has 97 heavy (non-hydrogen) atoms. The number of rotatable bonds is 77. The second-order valence-electron chi connectivity index (χ2n) is 29.1. The van der Waals surface area contributed by atoms with E-state index in [2.05, 4.69) is 41.5 Å². The number of carbonyl (C=O) groups excluding carboxylic acids is 4. The molecule has 0 spiro atoms. The summed E-state index contributed by atoms with van der Waals surface area (Å²) in [5.74, 6) is -0.541. The van der Waals surface area contributed by atoms with Crippen LogP contribution in [0, 0.1) is 11.8 Å². The lowest BCUT2D eigenvalue weighted by Crippen LogP contribution is -2.30. The molecule has 0 radical (unpaired) electrons. The molecule has 0 aliphatic heterocycles. The summed E-state index contributed by atoms with van der Waals surface area (Å²) in [6, 6.07) is 0. The lowest BCUT2D eigenvalue weighted by atomic mass is 10.0. The van der Waals surface area contributed by atoms with Gasteiger partial charge in [0, 0.05) is 25.7 Å². The van der Waals surface area contributed by atoms with Gasteiger partial charge in [-0.2, -0.15) is 0 Å². The first-order valence-corrected chi connectivity index (χ1v) is 43.5. The van der Waals surface area contributed by atoms with Gasteiger partial charge in [0.25, 0.3) is 0 Å². The van der Waals surface area contributed by atoms with Crippen LogP contribution in [0.5, 0.6) is 0 Å². The third-order valence-electron chi connectivity index (χ3n) is 18.2. The van der Waals surface area contributed by atoms with Crippen molar-refractivity contribution in [2.24, 2.45) is 11.8 Å². The molecule has 0 saturated heterocycles. The summed E-state index contributed by atoms with van der Waals surface area (Å²) < 4.78 is 68.6. The molecule has 2 unspecified atom stereocenters. The first kappa shape index (κ1) is 95.1. The maximum absolute atomic E-state index is 13.1. The van der Waals surface area contributed by atoms with Crippen molar-refractivity contribution in [3.8, 4) is 0 Å². The molecule has 0 aromatic rings. The Morgan fingerprint density at radius 3 is 0.701 bits per heavy atom. The number of hydrogen-bond acceptors (Lipinski definition) is 15. The van der Waals surface area contributed by atoms with Crippen molar-refractivity contribution in [3.05, 3.63) is 0 Å². The maximum Gasteiger partial charge on any atom is 0.472 e. The monoisotopic (exact) mass is 1420 g/mol. The number of aliphatic hydroxyl groups is 1. The van der Waals surface area contributed by atoms with Gasteiger partial charge in [-0.25, -0.2) is 9.13 Å². The number of hydrogen-bond donors (Lipinski definition) is 3. The molecule has 0 aromatic carbocycles. The van der Waals surface area contributed by atoms with E-state index in [1.54, 1.807) is 0 Å². The zero-order chi connectivity index (χ0) is 71.4. The van der Waals surface area contributed by atoms with Crippen LogP contribution in [0.1, 0.15) is 408 Å². The highest BCUT2D eigenvalue weighted by Crippen LogP contribution is 2.45. The molecule has 3 N–H and O–H groups in total. The average Bonchev–Trinajstić information content (AvgIpc) is 0.995. The lowest BCUT2D eigenvalue weighted by molar-refractivity contribution is -0.161. The second-order valence-corrected chi connectivity index (χ2v) is 32.0. The van der Waals surface area contributed by atoms with Gasteiger partial charge in [-0.15, -0.1) is 0 Å². The summed E-state index contributed by atoms with van der Waals surface area (Å²) in [7, 11) is -9.92. The van der Waals surface area contributed by atoms with Crippen molar-refractivity contribution >= 4 is 39.5 Å². The minimum atomic E-state index is -4.96. The van der Waals surface area contributed by atoms with E-state index in [4.69, 9.17) is 37.0 Å². The molecule has 0 aromatic heterocycles. The van der Waals surface area contributed by atoms with Gasteiger partial charge in [-0.1, -0.05) is 356 Å². The van der Waals surface area contributed by atoms with Crippen LogP contribution >= 0.6 is 15.6 Å². The molecule has 0 rings (SSSR count). The van der Waals surface area contributed by atoms with Crippen LogP contribution in [0.4, 0.5) is 0 Å². The fourth-order valence-corrected chi connectivity index (χ4v) is 13.6. The van der Waals surface area contributed by atoms with Crippen LogP contribution in [-0.2, 0) is 65.4 Å². The molecular formula is C78H152O17P2. The number of carbonyl (C=O) groups is 4. The first-order valence-electron chi connectivity index (χ1n) is 40.5. The largest absolute Gasteiger partial charge is 0.472 e. The molecule has 0 aliphatic carbocycles. The highest BCUT2D eigenvalue weighted by molar-refractivity contribution is 7.47. The van der Waals surface area contributed by atoms with Crippen LogP contribution in [0.3, 0.4) is 0 Å². The minimum absolute atomic E-state index is 0.107. The average molecular weight is 1420 g/mol. The van der Waals surface area contributed by atoms with E-state index < -0.39 is 97.5 Å². The fourth-order valence-electron chi connectivity index (χ4n) is 12.0. The van der Waals surface area contributed by atoms with Crippen LogP contribution in [-0.4, -0.2) is 96.7 Å². The van der Waals surface area contributed by atoms with Gasteiger partial charge in [-0.3, -0.25) is 37.3 Å². The van der Waals surface area contributed by atoms with Crippen LogP contribution < -0.4 is 0 Å². The van der Waals surface area contributed by atoms with Crippen molar-refractivity contribution in [1.29, 1.82) is 0 Å².